The molecule has 2 heterocycles. The standard InChI is InChI=1S/C14H13N3O5/c1-22-12-8-9(17(20)21)5-6-10(12)16-13(18)11-4-2-3-7-15(11)14(16)19/h4-6,8H,2-3,7H2,1H3. The monoisotopic (exact) mass is 303 g/mol. The molecule has 22 heavy (non-hydrogen) atoms. The molecule has 114 valence electrons. The van der Waals surface area contributed by atoms with Crippen LogP contribution in [0.1, 0.15) is 12.8 Å². The lowest BCUT2D eigenvalue weighted by molar-refractivity contribution is -0.384. The Morgan fingerprint density at radius 3 is 2.73 bits per heavy atom. The lowest BCUT2D eigenvalue weighted by Crippen LogP contribution is -2.34. The molecule has 0 saturated carbocycles. The van der Waals surface area contributed by atoms with E-state index >= 15 is 0 Å². The maximum atomic E-state index is 12.4. The van der Waals surface area contributed by atoms with Gasteiger partial charge in [0, 0.05) is 12.6 Å². The summed E-state index contributed by atoms with van der Waals surface area (Å²) in [6.45, 7) is 0.488. The first-order chi connectivity index (χ1) is 10.5. The number of carbonyl (C=O) groups is 2. The molecule has 1 saturated heterocycles. The second kappa shape index (κ2) is 5.14. The second-order valence-corrected chi connectivity index (χ2v) is 4.92. The van der Waals surface area contributed by atoms with Crippen molar-refractivity contribution in [3.05, 3.63) is 40.1 Å². The molecule has 0 spiro atoms. The third kappa shape index (κ3) is 2.00. The van der Waals surface area contributed by atoms with E-state index in [1.54, 1.807) is 6.08 Å². The number of nitrogens with zero attached hydrogens (tertiary/aromatic N) is 3. The summed E-state index contributed by atoms with van der Waals surface area (Å²) < 4.78 is 5.11. The Balaban J connectivity index is 2.06. The first kappa shape index (κ1) is 14.1. The van der Waals surface area contributed by atoms with Crippen molar-refractivity contribution < 1.29 is 19.2 Å². The minimum absolute atomic E-state index is 0.108. The zero-order valence-corrected chi connectivity index (χ0v) is 11.8. The van der Waals surface area contributed by atoms with Crippen molar-refractivity contribution in [3.8, 4) is 5.75 Å². The zero-order chi connectivity index (χ0) is 15.9. The molecule has 1 aromatic rings. The van der Waals surface area contributed by atoms with Crippen LogP contribution in [0.25, 0.3) is 0 Å². The van der Waals surface area contributed by atoms with Gasteiger partial charge in [-0.3, -0.25) is 19.8 Å². The van der Waals surface area contributed by atoms with Crippen molar-refractivity contribution >= 4 is 23.3 Å². The maximum absolute atomic E-state index is 12.4. The van der Waals surface area contributed by atoms with Gasteiger partial charge in [-0.05, 0) is 18.9 Å². The molecule has 0 bridgehead atoms. The number of hydrogen-bond donors (Lipinski definition) is 0. The molecule has 0 aromatic heterocycles. The number of fused-ring (bicyclic) bond motifs is 1. The second-order valence-electron chi connectivity index (χ2n) is 4.92. The fraction of sp³-hybridized carbons (Fsp3) is 0.286. The maximum Gasteiger partial charge on any atom is 0.336 e. The molecule has 0 aliphatic carbocycles. The number of hydrogen-bond acceptors (Lipinski definition) is 5. The molecule has 0 unspecified atom stereocenters. The number of imide groups is 1. The Bertz CT molecular complexity index is 712. The summed E-state index contributed by atoms with van der Waals surface area (Å²) in [6, 6.07) is 3.33. The van der Waals surface area contributed by atoms with Gasteiger partial charge in [0.15, 0.2) is 0 Å². The first-order valence-corrected chi connectivity index (χ1v) is 6.73. The highest BCUT2D eigenvalue weighted by molar-refractivity contribution is 6.27. The quantitative estimate of drug-likeness (QED) is 0.484. The molecule has 8 nitrogen and oxygen atoms in total. The number of ether oxygens (including phenoxy) is 1. The van der Waals surface area contributed by atoms with Crippen molar-refractivity contribution in [2.24, 2.45) is 0 Å². The number of anilines is 1. The van der Waals surface area contributed by atoms with Crippen molar-refractivity contribution in [3.63, 3.8) is 0 Å². The van der Waals surface area contributed by atoms with Gasteiger partial charge in [-0.2, -0.15) is 0 Å². The Labute approximate surface area is 125 Å². The van der Waals surface area contributed by atoms with E-state index in [9.17, 15) is 19.7 Å². The molecule has 0 atom stereocenters. The highest BCUT2D eigenvalue weighted by Gasteiger charge is 2.43. The number of carbonyl (C=O) groups excluding carboxylic acids is 2. The van der Waals surface area contributed by atoms with Gasteiger partial charge >= 0.3 is 6.03 Å². The Kier molecular flexibility index (Phi) is 3.28. The predicted octanol–water partition coefficient (Wildman–Crippen LogP) is 2.05. The van der Waals surface area contributed by atoms with Crippen LogP contribution in [0.5, 0.6) is 5.75 Å². The van der Waals surface area contributed by atoms with Gasteiger partial charge in [0.25, 0.3) is 11.6 Å². The topological polar surface area (TPSA) is 93.0 Å². The molecular formula is C14H13N3O5. The minimum atomic E-state index is -0.564. The van der Waals surface area contributed by atoms with Crippen LogP contribution in [-0.2, 0) is 4.79 Å². The van der Waals surface area contributed by atoms with E-state index in [1.165, 1.54) is 30.2 Å². The summed E-state index contributed by atoms with van der Waals surface area (Å²) in [5.74, 6) is -0.326. The van der Waals surface area contributed by atoms with Gasteiger partial charge in [-0.1, -0.05) is 6.08 Å². The molecular weight excluding hydrogens is 290 g/mol. The van der Waals surface area contributed by atoms with Crippen LogP contribution >= 0.6 is 0 Å². The normalized spacial score (nSPS) is 17.4. The van der Waals surface area contributed by atoms with Gasteiger partial charge < -0.3 is 4.74 Å². The lowest BCUT2D eigenvalue weighted by Gasteiger charge is -2.20. The Morgan fingerprint density at radius 1 is 1.32 bits per heavy atom. The molecule has 2 aliphatic heterocycles. The van der Waals surface area contributed by atoms with E-state index in [0.717, 1.165) is 17.7 Å². The van der Waals surface area contributed by atoms with E-state index in [4.69, 9.17) is 4.74 Å². The number of benzene rings is 1. The minimum Gasteiger partial charge on any atom is -0.494 e. The lowest BCUT2D eigenvalue weighted by atomic mass is 10.2. The van der Waals surface area contributed by atoms with Crippen LogP contribution in [0.15, 0.2) is 30.0 Å². The van der Waals surface area contributed by atoms with Crippen LogP contribution in [0.3, 0.4) is 0 Å². The van der Waals surface area contributed by atoms with E-state index in [1.807, 2.05) is 0 Å². The van der Waals surface area contributed by atoms with E-state index < -0.39 is 16.9 Å². The van der Waals surface area contributed by atoms with Gasteiger partial charge in [0.2, 0.25) is 0 Å². The SMILES string of the molecule is COc1cc([N+](=O)[O-])ccc1N1C(=O)C2=CCCCN2C1=O. The van der Waals surface area contributed by atoms with Crippen LogP contribution in [-0.4, -0.2) is 35.4 Å². The first-order valence-electron chi connectivity index (χ1n) is 6.73. The van der Waals surface area contributed by atoms with Crippen LogP contribution in [0.2, 0.25) is 0 Å². The number of methoxy groups -OCH3 is 1. The highest BCUT2D eigenvalue weighted by Crippen LogP contribution is 2.37. The number of allylic oxidation sites excluding steroid dienone is 1. The van der Waals surface area contributed by atoms with E-state index in [0.29, 0.717) is 12.2 Å². The van der Waals surface area contributed by atoms with Crippen LogP contribution in [0.4, 0.5) is 16.2 Å². The molecule has 8 heteroatoms. The smallest absolute Gasteiger partial charge is 0.336 e. The van der Waals surface area contributed by atoms with Crippen molar-refractivity contribution in [1.82, 2.24) is 4.90 Å². The number of rotatable bonds is 3. The van der Waals surface area contributed by atoms with Gasteiger partial charge in [0.1, 0.15) is 11.4 Å². The molecule has 3 amide bonds. The van der Waals surface area contributed by atoms with Crippen molar-refractivity contribution in [2.45, 2.75) is 12.8 Å². The number of amides is 3. The molecule has 0 radical (unpaired) electrons. The zero-order valence-electron chi connectivity index (χ0n) is 11.8. The number of urea groups is 1. The fourth-order valence-corrected chi connectivity index (χ4v) is 2.62. The average molecular weight is 303 g/mol. The summed E-state index contributed by atoms with van der Waals surface area (Å²) in [7, 11) is 1.33. The third-order valence-electron chi connectivity index (χ3n) is 3.67. The summed E-state index contributed by atoms with van der Waals surface area (Å²) in [5.41, 5.74) is 0.395. The molecule has 0 N–H and O–H groups in total. The largest absolute Gasteiger partial charge is 0.494 e. The third-order valence-corrected chi connectivity index (χ3v) is 3.67. The molecule has 2 aliphatic rings. The molecule has 1 fully saturated rings. The van der Waals surface area contributed by atoms with Gasteiger partial charge in [0.05, 0.1) is 23.8 Å². The summed E-state index contributed by atoms with van der Waals surface area (Å²) in [4.78, 5) is 37.6. The van der Waals surface area contributed by atoms with Gasteiger partial charge in [-0.25, -0.2) is 9.69 Å². The Hall–Kier alpha value is -2.90. The van der Waals surface area contributed by atoms with Crippen LogP contribution in [0, 0.1) is 10.1 Å². The van der Waals surface area contributed by atoms with Crippen LogP contribution < -0.4 is 9.64 Å². The summed E-state index contributed by atoms with van der Waals surface area (Å²) >= 11 is 0. The summed E-state index contributed by atoms with van der Waals surface area (Å²) in [6.07, 6.45) is 3.28. The Morgan fingerprint density at radius 2 is 2.09 bits per heavy atom. The summed E-state index contributed by atoms with van der Waals surface area (Å²) in [5, 5.41) is 10.8. The average Bonchev–Trinajstić information content (AvgIpc) is 2.78. The van der Waals surface area contributed by atoms with Crippen molar-refractivity contribution in [2.75, 3.05) is 18.6 Å². The predicted molar refractivity (Wildman–Crippen MR) is 76.6 cm³/mol. The fourth-order valence-electron chi connectivity index (χ4n) is 2.62. The highest BCUT2D eigenvalue weighted by atomic mass is 16.6. The number of non-ortho nitro benzene ring substituents is 1. The molecule has 1 aromatic carbocycles. The van der Waals surface area contributed by atoms with E-state index in [-0.39, 0.29) is 17.1 Å². The molecule has 3 rings (SSSR count). The van der Waals surface area contributed by atoms with Crippen molar-refractivity contribution in [1.29, 1.82) is 0 Å². The number of nitro benzene ring substituents is 1. The van der Waals surface area contributed by atoms with E-state index in [2.05, 4.69) is 0 Å². The van der Waals surface area contributed by atoms with Gasteiger partial charge in [-0.15, -0.1) is 0 Å². The number of nitro groups is 1.